The van der Waals surface area contributed by atoms with E-state index in [-0.39, 0.29) is 5.75 Å². The number of hydrogen-bond donors (Lipinski definition) is 2. The number of phenols is 1. The van der Waals surface area contributed by atoms with Gasteiger partial charge in [-0.05, 0) is 18.2 Å². The number of carbonyl (C=O) groups is 1. The predicted octanol–water partition coefficient (Wildman–Crippen LogP) is 2.24. The number of aliphatic carboxylic acids is 1. The molecular formula is C11H8O4. The summed E-state index contributed by atoms with van der Waals surface area (Å²) in [4.78, 5) is 10.3. The van der Waals surface area contributed by atoms with Gasteiger partial charge in [0.2, 0.25) is 0 Å². The summed E-state index contributed by atoms with van der Waals surface area (Å²) >= 11 is 0. The third-order valence-corrected chi connectivity index (χ3v) is 2.01. The standard InChI is InChI=1S/C11H8O4/c12-9-6-10-8(3-4-15-10)5-7(9)1-2-11(13)14/h1-6,12H,(H,13,14)/b2-1-. The second-order valence-corrected chi connectivity index (χ2v) is 3.04. The van der Waals surface area contributed by atoms with Crippen LogP contribution in [0.25, 0.3) is 17.0 Å². The van der Waals surface area contributed by atoms with E-state index in [1.807, 2.05) is 0 Å². The van der Waals surface area contributed by atoms with Crippen LogP contribution in [0.5, 0.6) is 5.75 Å². The second-order valence-electron chi connectivity index (χ2n) is 3.04. The smallest absolute Gasteiger partial charge is 0.328 e. The largest absolute Gasteiger partial charge is 0.507 e. The zero-order valence-corrected chi connectivity index (χ0v) is 7.68. The van der Waals surface area contributed by atoms with Crippen LogP contribution in [0.1, 0.15) is 5.56 Å². The van der Waals surface area contributed by atoms with Gasteiger partial charge in [-0.25, -0.2) is 4.79 Å². The van der Waals surface area contributed by atoms with E-state index in [2.05, 4.69) is 0 Å². The lowest BCUT2D eigenvalue weighted by molar-refractivity contribution is -0.131. The number of furan rings is 1. The normalized spacial score (nSPS) is 11.2. The Kier molecular flexibility index (Phi) is 2.17. The van der Waals surface area contributed by atoms with Gasteiger partial charge >= 0.3 is 5.97 Å². The lowest BCUT2D eigenvalue weighted by Gasteiger charge is -1.98. The van der Waals surface area contributed by atoms with Crippen LogP contribution in [-0.4, -0.2) is 16.2 Å². The molecule has 2 aromatic rings. The summed E-state index contributed by atoms with van der Waals surface area (Å²) in [5.74, 6) is -1.06. The quantitative estimate of drug-likeness (QED) is 0.736. The van der Waals surface area contributed by atoms with Crippen LogP contribution in [0.4, 0.5) is 0 Å². The van der Waals surface area contributed by atoms with Crippen LogP contribution in [0.15, 0.2) is 35.0 Å². The molecule has 0 atom stereocenters. The number of aromatic hydroxyl groups is 1. The molecule has 2 rings (SSSR count). The predicted molar refractivity (Wildman–Crippen MR) is 54.5 cm³/mol. The molecule has 1 heterocycles. The third kappa shape index (κ3) is 1.83. The number of fused-ring (bicyclic) bond motifs is 1. The van der Waals surface area contributed by atoms with Crippen molar-refractivity contribution in [1.82, 2.24) is 0 Å². The van der Waals surface area contributed by atoms with Crippen molar-refractivity contribution in [2.75, 3.05) is 0 Å². The molecule has 0 saturated heterocycles. The van der Waals surface area contributed by atoms with Crippen molar-refractivity contribution in [2.45, 2.75) is 0 Å². The molecule has 0 radical (unpaired) electrons. The van der Waals surface area contributed by atoms with Crippen LogP contribution < -0.4 is 0 Å². The number of carboxylic acid groups (broad SMARTS) is 1. The number of rotatable bonds is 2. The van der Waals surface area contributed by atoms with Gasteiger partial charge < -0.3 is 14.6 Å². The molecule has 0 fully saturated rings. The molecule has 0 aliphatic heterocycles. The second kappa shape index (κ2) is 3.49. The Bertz CT molecular complexity index is 537. The first-order chi connectivity index (χ1) is 7.16. The van der Waals surface area contributed by atoms with Crippen molar-refractivity contribution in [2.24, 2.45) is 0 Å². The Balaban J connectivity index is 2.50. The zero-order chi connectivity index (χ0) is 10.8. The number of hydrogen-bond acceptors (Lipinski definition) is 3. The molecule has 4 nitrogen and oxygen atoms in total. The van der Waals surface area contributed by atoms with Crippen molar-refractivity contribution >= 4 is 23.0 Å². The Morgan fingerprint density at radius 3 is 2.93 bits per heavy atom. The average Bonchev–Trinajstić information content (AvgIpc) is 2.60. The van der Waals surface area contributed by atoms with Crippen molar-refractivity contribution in [3.8, 4) is 5.75 Å². The van der Waals surface area contributed by atoms with Gasteiger partial charge in [0.25, 0.3) is 0 Å². The van der Waals surface area contributed by atoms with Crippen LogP contribution in [-0.2, 0) is 4.79 Å². The minimum atomic E-state index is -1.05. The van der Waals surface area contributed by atoms with Gasteiger partial charge in [0.15, 0.2) is 0 Å². The monoisotopic (exact) mass is 204 g/mol. The molecule has 1 aromatic heterocycles. The Morgan fingerprint density at radius 1 is 1.40 bits per heavy atom. The fraction of sp³-hybridized carbons (Fsp3) is 0. The van der Waals surface area contributed by atoms with Gasteiger partial charge in [-0.1, -0.05) is 0 Å². The fourth-order valence-corrected chi connectivity index (χ4v) is 1.31. The summed E-state index contributed by atoms with van der Waals surface area (Å²) in [6, 6.07) is 4.86. The van der Waals surface area contributed by atoms with Gasteiger partial charge in [-0.3, -0.25) is 0 Å². The molecule has 0 aliphatic carbocycles. The Labute approximate surface area is 85.1 Å². The lowest BCUT2D eigenvalue weighted by Crippen LogP contribution is -1.85. The van der Waals surface area contributed by atoms with E-state index < -0.39 is 5.97 Å². The summed E-state index contributed by atoms with van der Waals surface area (Å²) in [7, 11) is 0. The van der Waals surface area contributed by atoms with Gasteiger partial charge in [0, 0.05) is 23.1 Å². The highest BCUT2D eigenvalue weighted by atomic mass is 16.4. The zero-order valence-electron chi connectivity index (χ0n) is 7.68. The summed E-state index contributed by atoms with van der Waals surface area (Å²) in [5.41, 5.74) is 1.02. The van der Waals surface area contributed by atoms with Crippen LogP contribution in [0.2, 0.25) is 0 Å². The molecule has 0 spiro atoms. The maximum atomic E-state index is 10.3. The number of benzene rings is 1. The molecule has 4 heteroatoms. The van der Waals surface area contributed by atoms with Gasteiger partial charge in [0.1, 0.15) is 11.3 Å². The molecule has 1 aromatic carbocycles. The van der Waals surface area contributed by atoms with Gasteiger partial charge in [-0.2, -0.15) is 0 Å². The van der Waals surface area contributed by atoms with Gasteiger partial charge in [0.05, 0.1) is 6.26 Å². The van der Waals surface area contributed by atoms with Crippen molar-refractivity contribution in [1.29, 1.82) is 0 Å². The minimum absolute atomic E-state index is 0.00468. The number of carboxylic acids is 1. The molecule has 0 amide bonds. The fourth-order valence-electron chi connectivity index (χ4n) is 1.31. The van der Waals surface area contributed by atoms with Crippen molar-refractivity contribution < 1.29 is 19.4 Å². The van der Waals surface area contributed by atoms with Crippen LogP contribution in [0, 0.1) is 0 Å². The third-order valence-electron chi connectivity index (χ3n) is 2.01. The molecule has 15 heavy (non-hydrogen) atoms. The Morgan fingerprint density at radius 2 is 2.20 bits per heavy atom. The molecule has 2 N–H and O–H groups in total. The summed E-state index contributed by atoms with van der Waals surface area (Å²) < 4.78 is 5.08. The SMILES string of the molecule is O=C(O)/C=C\c1cc2ccoc2cc1O. The molecule has 0 aliphatic rings. The number of phenolic OH excluding ortho intramolecular Hbond substituents is 1. The summed E-state index contributed by atoms with van der Waals surface area (Å²) in [6.45, 7) is 0. The highest BCUT2D eigenvalue weighted by molar-refractivity contribution is 5.88. The first-order valence-electron chi connectivity index (χ1n) is 4.28. The average molecular weight is 204 g/mol. The summed E-state index contributed by atoms with van der Waals surface area (Å²) in [5, 5.41) is 18.8. The first kappa shape index (κ1) is 9.33. The van der Waals surface area contributed by atoms with E-state index in [9.17, 15) is 9.90 Å². The lowest BCUT2D eigenvalue weighted by atomic mass is 10.1. The van der Waals surface area contributed by atoms with E-state index in [1.165, 1.54) is 18.4 Å². The molecule has 0 saturated carbocycles. The van der Waals surface area contributed by atoms with Crippen LogP contribution in [0.3, 0.4) is 0 Å². The Hall–Kier alpha value is -2.23. The highest BCUT2D eigenvalue weighted by Gasteiger charge is 2.03. The maximum Gasteiger partial charge on any atom is 0.328 e. The van der Waals surface area contributed by atoms with E-state index in [1.54, 1.807) is 12.1 Å². The molecule has 76 valence electrons. The highest BCUT2D eigenvalue weighted by Crippen LogP contribution is 2.26. The maximum absolute atomic E-state index is 10.3. The first-order valence-corrected chi connectivity index (χ1v) is 4.28. The van der Waals surface area contributed by atoms with E-state index in [0.29, 0.717) is 11.1 Å². The topological polar surface area (TPSA) is 70.7 Å². The molecular weight excluding hydrogens is 196 g/mol. The minimum Gasteiger partial charge on any atom is -0.507 e. The van der Waals surface area contributed by atoms with Crippen LogP contribution >= 0.6 is 0 Å². The van der Waals surface area contributed by atoms with Crippen molar-refractivity contribution in [3.05, 3.63) is 36.1 Å². The molecule has 0 bridgehead atoms. The molecule has 0 unspecified atom stereocenters. The van der Waals surface area contributed by atoms with Gasteiger partial charge in [-0.15, -0.1) is 0 Å². The summed E-state index contributed by atoms with van der Waals surface area (Å²) in [6.07, 6.45) is 3.82. The van der Waals surface area contributed by atoms with E-state index >= 15 is 0 Å². The van der Waals surface area contributed by atoms with Crippen molar-refractivity contribution in [3.63, 3.8) is 0 Å². The van der Waals surface area contributed by atoms with E-state index in [0.717, 1.165) is 11.5 Å². The van der Waals surface area contributed by atoms with E-state index in [4.69, 9.17) is 9.52 Å².